The van der Waals surface area contributed by atoms with Gasteiger partial charge in [-0.2, -0.15) is 4.31 Å². The van der Waals surface area contributed by atoms with Crippen LogP contribution in [-0.2, 0) is 16.4 Å². The molecule has 0 aromatic heterocycles. The molecule has 0 saturated carbocycles. The van der Waals surface area contributed by atoms with Gasteiger partial charge in [0.15, 0.2) is 0 Å². The first-order chi connectivity index (χ1) is 10.8. The summed E-state index contributed by atoms with van der Waals surface area (Å²) in [7, 11) is -3.52. The fourth-order valence-electron chi connectivity index (χ4n) is 3.40. The maximum Gasteiger partial charge on any atom is 0.243 e. The molecule has 23 heavy (non-hydrogen) atoms. The van der Waals surface area contributed by atoms with Crippen LogP contribution < -0.4 is 10.5 Å². The van der Waals surface area contributed by atoms with E-state index < -0.39 is 10.0 Å². The Kier molecular flexibility index (Phi) is 4.62. The Labute approximate surface area is 142 Å². The van der Waals surface area contributed by atoms with Gasteiger partial charge in [-0.3, -0.25) is 0 Å². The van der Waals surface area contributed by atoms with Crippen LogP contribution in [0.15, 0.2) is 17.0 Å². The predicted octanol–water partition coefficient (Wildman–Crippen LogP) is 2.41. The lowest BCUT2D eigenvalue weighted by atomic mass is 9.92. The molecule has 0 radical (unpaired) electrons. The zero-order valence-corrected chi connectivity index (χ0v) is 15.0. The van der Waals surface area contributed by atoms with Crippen LogP contribution in [0.3, 0.4) is 0 Å². The van der Waals surface area contributed by atoms with Gasteiger partial charge in [0.25, 0.3) is 0 Å². The van der Waals surface area contributed by atoms with Crippen molar-refractivity contribution in [3.63, 3.8) is 0 Å². The standard InChI is InChI=1S/C16H23ClN2O3S/c1-10-7-13-8-14(9-15(17)16(13)22-10)23(20,21)19-5-3-12(4-6-19)11(2)18/h8-12H,3-7,18H2,1-2H3. The predicted molar refractivity (Wildman–Crippen MR) is 90.4 cm³/mol. The summed E-state index contributed by atoms with van der Waals surface area (Å²) in [6, 6.07) is 3.32. The van der Waals surface area contributed by atoms with Crippen LogP contribution in [0.2, 0.25) is 5.02 Å². The molecule has 2 aliphatic heterocycles. The van der Waals surface area contributed by atoms with Crippen molar-refractivity contribution in [3.8, 4) is 5.75 Å². The number of piperidine rings is 1. The van der Waals surface area contributed by atoms with Gasteiger partial charge in [0.05, 0.1) is 9.92 Å². The average Bonchev–Trinajstić information content (AvgIpc) is 2.88. The van der Waals surface area contributed by atoms with E-state index in [1.165, 1.54) is 6.07 Å². The zero-order chi connectivity index (χ0) is 16.8. The van der Waals surface area contributed by atoms with Crippen molar-refractivity contribution in [1.82, 2.24) is 4.31 Å². The maximum atomic E-state index is 12.9. The molecule has 2 N–H and O–H groups in total. The number of fused-ring (bicyclic) bond motifs is 1. The summed E-state index contributed by atoms with van der Waals surface area (Å²) in [5, 5.41) is 0.371. The zero-order valence-electron chi connectivity index (χ0n) is 13.5. The SMILES string of the molecule is CC1Cc2cc(S(=O)(=O)N3CCC(C(C)N)CC3)cc(Cl)c2O1. The monoisotopic (exact) mass is 358 g/mol. The third kappa shape index (κ3) is 3.22. The molecule has 0 spiro atoms. The summed E-state index contributed by atoms with van der Waals surface area (Å²) in [5.74, 6) is 1.01. The van der Waals surface area contributed by atoms with Gasteiger partial charge in [-0.05, 0) is 44.7 Å². The summed E-state index contributed by atoms with van der Waals surface area (Å²) in [5.41, 5.74) is 6.80. The molecule has 0 aliphatic carbocycles. The lowest BCUT2D eigenvalue weighted by molar-refractivity contribution is 0.250. The first-order valence-electron chi connectivity index (χ1n) is 8.04. The first-order valence-corrected chi connectivity index (χ1v) is 9.85. The van der Waals surface area contributed by atoms with E-state index in [0.29, 0.717) is 36.2 Å². The van der Waals surface area contributed by atoms with Crippen molar-refractivity contribution in [1.29, 1.82) is 0 Å². The number of hydrogen-bond donors (Lipinski definition) is 1. The summed E-state index contributed by atoms with van der Waals surface area (Å²) >= 11 is 6.23. The molecule has 1 saturated heterocycles. The van der Waals surface area contributed by atoms with E-state index in [1.807, 2.05) is 13.8 Å². The molecule has 3 rings (SSSR count). The number of sulfonamides is 1. The number of nitrogens with two attached hydrogens (primary N) is 1. The number of rotatable bonds is 3. The first kappa shape index (κ1) is 17.0. The minimum absolute atomic E-state index is 0.0299. The molecular formula is C16H23ClN2O3S. The number of hydrogen-bond acceptors (Lipinski definition) is 4. The van der Waals surface area contributed by atoms with E-state index in [-0.39, 0.29) is 17.0 Å². The minimum Gasteiger partial charge on any atom is -0.489 e. The van der Waals surface area contributed by atoms with Crippen molar-refractivity contribution < 1.29 is 13.2 Å². The third-order valence-electron chi connectivity index (χ3n) is 4.80. The highest BCUT2D eigenvalue weighted by Crippen LogP contribution is 2.39. The van der Waals surface area contributed by atoms with E-state index in [4.69, 9.17) is 22.1 Å². The molecule has 2 atom stereocenters. The van der Waals surface area contributed by atoms with Gasteiger partial charge in [-0.1, -0.05) is 11.6 Å². The van der Waals surface area contributed by atoms with Gasteiger partial charge in [-0.15, -0.1) is 0 Å². The molecule has 2 unspecified atom stereocenters. The Balaban J connectivity index is 1.84. The Morgan fingerprint density at radius 1 is 1.35 bits per heavy atom. The van der Waals surface area contributed by atoms with Crippen molar-refractivity contribution in [2.45, 2.75) is 50.2 Å². The second kappa shape index (κ2) is 6.24. The molecular weight excluding hydrogens is 336 g/mol. The molecule has 0 bridgehead atoms. The van der Waals surface area contributed by atoms with Crippen LogP contribution in [0, 0.1) is 5.92 Å². The largest absolute Gasteiger partial charge is 0.489 e. The summed E-state index contributed by atoms with van der Waals surface area (Å²) in [4.78, 5) is 0.262. The van der Waals surface area contributed by atoms with E-state index in [2.05, 4.69) is 0 Å². The smallest absolute Gasteiger partial charge is 0.243 e. The van der Waals surface area contributed by atoms with Crippen molar-refractivity contribution in [3.05, 3.63) is 22.7 Å². The summed E-state index contributed by atoms with van der Waals surface area (Å²) in [6.07, 6.45) is 2.32. The Morgan fingerprint density at radius 2 is 2.00 bits per heavy atom. The van der Waals surface area contributed by atoms with E-state index in [0.717, 1.165) is 18.4 Å². The van der Waals surface area contributed by atoms with E-state index in [1.54, 1.807) is 10.4 Å². The molecule has 1 aromatic rings. The van der Waals surface area contributed by atoms with Crippen molar-refractivity contribution in [2.24, 2.45) is 11.7 Å². The van der Waals surface area contributed by atoms with Gasteiger partial charge in [-0.25, -0.2) is 8.42 Å². The van der Waals surface area contributed by atoms with Gasteiger partial charge >= 0.3 is 0 Å². The van der Waals surface area contributed by atoms with Crippen molar-refractivity contribution >= 4 is 21.6 Å². The Bertz CT molecular complexity index is 698. The Morgan fingerprint density at radius 3 is 2.61 bits per heavy atom. The van der Waals surface area contributed by atoms with Crippen LogP contribution in [0.4, 0.5) is 0 Å². The van der Waals surface area contributed by atoms with Gasteiger partial charge in [0.1, 0.15) is 11.9 Å². The van der Waals surface area contributed by atoms with Crippen LogP contribution >= 0.6 is 11.6 Å². The summed E-state index contributed by atoms with van der Waals surface area (Å²) < 4.78 is 33.0. The third-order valence-corrected chi connectivity index (χ3v) is 6.96. The van der Waals surface area contributed by atoms with E-state index >= 15 is 0 Å². The molecule has 1 aromatic carbocycles. The topological polar surface area (TPSA) is 72.6 Å². The second-order valence-corrected chi connectivity index (χ2v) is 8.97. The molecule has 2 heterocycles. The Hall–Kier alpha value is -0.820. The lowest BCUT2D eigenvalue weighted by Crippen LogP contribution is -2.42. The van der Waals surface area contributed by atoms with Crippen LogP contribution in [0.1, 0.15) is 32.3 Å². The van der Waals surface area contributed by atoms with E-state index in [9.17, 15) is 8.42 Å². The normalized spacial score (nSPS) is 24.3. The number of nitrogens with zero attached hydrogens (tertiary/aromatic N) is 1. The number of benzene rings is 1. The van der Waals surface area contributed by atoms with Crippen LogP contribution in [0.5, 0.6) is 5.75 Å². The number of ether oxygens (including phenoxy) is 1. The van der Waals surface area contributed by atoms with Crippen molar-refractivity contribution in [2.75, 3.05) is 13.1 Å². The number of halogens is 1. The fourth-order valence-corrected chi connectivity index (χ4v) is 5.29. The molecule has 1 fully saturated rings. The molecule has 0 amide bonds. The quantitative estimate of drug-likeness (QED) is 0.900. The highest BCUT2D eigenvalue weighted by atomic mass is 35.5. The summed E-state index contributed by atoms with van der Waals surface area (Å²) in [6.45, 7) is 4.95. The van der Waals surface area contributed by atoms with Crippen LogP contribution in [0.25, 0.3) is 0 Å². The fraction of sp³-hybridized carbons (Fsp3) is 0.625. The molecule has 128 valence electrons. The lowest BCUT2D eigenvalue weighted by Gasteiger charge is -2.33. The van der Waals surface area contributed by atoms with Crippen LogP contribution in [-0.4, -0.2) is 38.0 Å². The maximum absolute atomic E-state index is 12.9. The highest BCUT2D eigenvalue weighted by Gasteiger charge is 2.32. The molecule has 2 aliphatic rings. The second-order valence-electron chi connectivity index (χ2n) is 6.63. The highest BCUT2D eigenvalue weighted by molar-refractivity contribution is 7.89. The molecule has 7 heteroatoms. The average molecular weight is 359 g/mol. The van der Waals surface area contributed by atoms with Gasteiger partial charge in [0.2, 0.25) is 10.0 Å². The van der Waals surface area contributed by atoms with Gasteiger partial charge in [0, 0.05) is 31.1 Å². The minimum atomic E-state index is -3.52. The molecule has 5 nitrogen and oxygen atoms in total. The van der Waals surface area contributed by atoms with Gasteiger partial charge < -0.3 is 10.5 Å².